The molecule has 0 bridgehead atoms. The lowest BCUT2D eigenvalue weighted by molar-refractivity contribution is -0.0979. The number of hydrogen-bond donors (Lipinski definition) is 1. The minimum Gasteiger partial charge on any atom is -0.328 e. The summed E-state index contributed by atoms with van der Waals surface area (Å²) in [5.74, 6) is 0. The van der Waals surface area contributed by atoms with E-state index < -0.39 is 0 Å². The molecule has 1 aliphatic carbocycles. The van der Waals surface area contributed by atoms with Crippen LogP contribution in [-0.2, 0) is 4.79 Å². The number of rotatable bonds is 0. The van der Waals surface area contributed by atoms with Gasteiger partial charge in [0.25, 0.3) is 0 Å². The van der Waals surface area contributed by atoms with Gasteiger partial charge in [0, 0.05) is 6.04 Å². The van der Waals surface area contributed by atoms with Gasteiger partial charge in [0.15, 0.2) is 0 Å². The van der Waals surface area contributed by atoms with E-state index >= 15 is 0 Å². The van der Waals surface area contributed by atoms with Crippen LogP contribution in [0.3, 0.4) is 0 Å². The maximum atomic E-state index is 8.00. The van der Waals surface area contributed by atoms with E-state index in [-0.39, 0.29) is 0 Å². The van der Waals surface area contributed by atoms with Crippen LogP contribution in [0.5, 0.6) is 0 Å². The Bertz CT molecular complexity index is 59.9. The highest BCUT2D eigenvalue weighted by Crippen LogP contribution is 2.14. The van der Waals surface area contributed by atoms with Gasteiger partial charge in [-0.15, -0.1) is 0 Å². The molecule has 2 N–H and O–H groups in total. The smallest absolute Gasteiger partial charge is 0.106 e. The fraction of sp³-hybridized carbons (Fsp3) is 0.857. The van der Waals surface area contributed by atoms with Crippen LogP contribution < -0.4 is 5.73 Å². The number of hydrogen-bond acceptors (Lipinski definition) is 2. The molecule has 0 radical (unpaired) electrons. The lowest BCUT2D eigenvalue weighted by Gasteiger charge is -2.15. The van der Waals surface area contributed by atoms with Crippen LogP contribution in [0.15, 0.2) is 0 Å². The molecule has 2 nitrogen and oxygen atoms in total. The van der Waals surface area contributed by atoms with E-state index in [1.54, 1.807) is 0 Å². The van der Waals surface area contributed by atoms with Gasteiger partial charge in [0.05, 0.1) is 0 Å². The molecule has 0 aromatic rings. The maximum Gasteiger partial charge on any atom is 0.106 e. The highest BCUT2D eigenvalue weighted by Gasteiger charge is 2.06. The fourth-order valence-corrected chi connectivity index (χ4v) is 1.13. The van der Waals surface area contributed by atoms with Gasteiger partial charge < -0.3 is 10.5 Å². The van der Waals surface area contributed by atoms with E-state index in [2.05, 4.69) is 0 Å². The number of nitrogens with two attached hydrogens (primary N) is 1. The molecule has 0 amide bonds. The lowest BCUT2D eigenvalue weighted by Crippen LogP contribution is -2.22. The molecule has 1 saturated carbocycles. The van der Waals surface area contributed by atoms with Crippen molar-refractivity contribution in [3.63, 3.8) is 0 Å². The molecule has 0 aliphatic heterocycles. The van der Waals surface area contributed by atoms with E-state index in [9.17, 15) is 0 Å². The number of carbonyl (C=O) groups is 1. The molecule has 0 aromatic heterocycles. The average molecular weight is 129 g/mol. The summed E-state index contributed by atoms with van der Waals surface area (Å²) in [4.78, 5) is 8.00. The van der Waals surface area contributed by atoms with Gasteiger partial charge in [-0.1, -0.05) is 19.3 Å². The van der Waals surface area contributed by atoms with Crippen LogP contribution in [0.1, 0.15) is 32.1 Å². The topological polar surface area (TPSA) is 43.1 Å². The van der Waals surface area contributed by atoms with Crippen molar-refractivity contribution in [1.82, 2.24) is 0 Å². The summed E-state index contributed by atoms with van der Waals surface area (Å²) in [6.07, 6.45) is 6.66. The van der Waals surface area contributed by atoms with Gasteiger partial charge >= 0.3 is 0 Å². The zero-order valence-electron chi connectivity index (χ0n) is 5.81. The van der Waals surface area contributed by atoms with Crippen LogP contribution in [-0.4, -0.2) is 12.8 Å². The molecular formula is C7H15NO. The monoisotopic (exact) mass is 129 g/mol. The maximum absolute atomic E-state index is 8.00. The zero-order chi connectivity index (χ0) is 7.11. The first-order valence-corrected chi connectivity index (χ1v) is 3.44. The van der Waals surface area contributed by atoms with E-state index in [1.807, 2.05) is 6.79 Å². The predicted octanol–water partition coefficient (Wildman–Crippen LogP) is 1.09. The van der Waals surface area contributed by atoms with E-state index in [0.717, 1.165) is 0 Å². The molecule has 0 atom stereocenters. The summed E-state index contributed by atoms with van der Waals surface area (Å²) >= 11 is 0. The molecule has 54 valence electrons. The minimum atomic E-state index is 0.536. The van der Waals surface area contributed by atoms with Crippen molar-refractivity contribution < 1.29 is 4.79 Å². The van der Waals surface area contributed by atoms with E-state index in [0.29, 0.717) is 6.04 Å². The summed E-state index contributed by atoms with van der Waals surface area (Å²) in [5.41, 5.74) is 5.63. The molecule has 0 heterocycles. The molecule has 9 heavy (non-hydrogen) atoms. The highest BCUT2D eigenvalue weighted by atomic mass is 16.1. The first kappa shape index (κ1) is 8.63. The van der Waals surface area contributed by atoms with Gasteiger partial charge in [-0.3, -0.25) is 0 Å². The summed E-state index contributed by atoms with van der Waals surface area (Å²) in [5, 5.41) is 0. The van der Waals surface area contributed by atoms with E-state index in [4.69, 9.17) is 10.5 Å². The Labute approximate surface area is 56.4 Å². The van der Waals surface area contributed by atoms with Gasteiger partial charge in [0.2, 0.25) is 0 Å². The summed E-state index contributed by atoms with van der Waals surface area (Å²) < 4.78 is 0. The van der Waals surface area contributed by atoms with Crippen LogP contribution in [0.4, 0.5) is 0 Å². The largest absolute Gasteiger partial charge is 0.328 e. The van der Waals surface area contributed by atoms with Crippen LogP contribution >= 0.6 is 0 Å². The Hall–Kier alpha value is -0.370. The number of carbonyl (C=O) groups excluding carboxylic acids is 1. The Morgan fingerprint density at radius 1 is 1.11 bits per heavy atom. The lowest BCUT2D eigenvalue weighted by atomic mass is 9.97. The SMILES string of the molecule is C=O.NC1CCCCC1. The summed E-state index contributed by atoms with van der Waals surface area (Å²) in [6.45, 7) is 2.00. The average Bonchev–Trinajstić information content (AvgIpc) is 1.94. The van der Waals surface area contributed by atoms with Crippen molar-refractivity contribution in [2.45, 2.75) is 38.1 Å². The molecular weight excluding hydrogens is 114 g/mol. The van der Waals surface area contributed by atoms with Crippen molar-refractivity contribution >= 4 is 6.79 Å². The minimum absolute atomic E-state index is 0.536. The molecule has 0 saturated heterocycles. The molecule has 2 heteroatoms. The normalized spacial score (nSPS) is 20.1. The second-order valence-electron chi connectivity index (χ2n) is 2.40. The Morgan fingerprint density at radius 3 is 1.78 bits per heavy atom. The van der Waals surface area contributed by atoms with Gasteiger partial charge in [-0.25, -0.2) is 0 Å². The van der Waals surface area contributed by atoms with Crippen LogP contribution in [0.2, 0.25) is 0 Å². The molecule has 1 fully saturated rings. The Kier molecular flexibility index (Phi) is 5.52. The van der Waals surface area contributed by atoms with Crippen LogP contribution in [0.25, 0.3) is 0 Å². The third-order valence-corrected chi connectivity index (χ3v) is 1.65. The molecule has 1 rings (SSSR count). The third kappa shape index (κ3) is 4.15. The van der Waals surface area contributed by atoms with Crippen molar-refractivity contribution in [2.24, 2.45) is 5.73 Å². The second kappa shape index (κ2) is 5.76. The zero-order valence-corrected chi connectivity index (χ0v) is 5.81. The predicted molar refractivity (Wildman–Crippen MR) is 38.2 cm³/mol. The van der Waals surface area contributed by atoms with Crippen molar-refractivity contribution in [3.8, 4) is 0 Å². The standard InChI is InChI=1S/C6H13N.CH2O/c7-6-4-2-1-3-5-6;1-2/h6H,1-5,7H2;1H2. The molecule has 0 aromatic carbocycles. The van der Waals surface area contributed by atoms with Crippen LogP contribution in [0, 0.1) is 0 Å². The van der Waals surface area contributed by atoms with Crippen molar-refractivity contribution in [3.05, 3.63) is 0 Å². The van der Waals surface area contributed by atoms with Gasteiger partial charge in [0.1, 0.15) is 6.79 Å². The van der Waals surface area contributed by atoms with Gasteiger partial charge in [-0.2, -0.15) is 0 Å². The second-order valence-corrected chi connectivity index (χ2v) is 2.40. The molecule has 0 spiro atoms. The van der Waals surface area contributed by atoms with Gasteiger partial charge in [-0.05, 0) is 12.8 Å². The quantitative estimate of drug-likeness (QED) is 0.532. The first-order valence-electron chi connectivity index (χ1n) is 3.44. The van der Waals surface area contributed by atoms with Crippen molar-refractivity contribution in [2.75, 3.05) is 0 Å². The Morgan fingerprint density at radius 2 is 1.56 bits per heavy atom. The summed E-state index contributed by atoms with van der Waals surface area (Å²) in [7, 11) is 0. The Balaban J connectivity index is 0.000000291. The van der Waals surface area contributed by atoms with Crippen molar-refractivity contribution in [1.29, 1.82) is 0 Å². The van der Waals surface area contributed by atoms with E-state index in [1.165, 1.54) is 32.1 Å². The highest BCUT2D eigenvalue weighted by molar-refractivity contribution is 5.10. The fourth-order valence-electron chi connectivity index (χ4n) is 1.13. The third-order valence-electron chi connectivity index (χ3n) is 1.65. The molecule has 0 unspecified atom stereocenters. The molecule has 1 aliphatic rings. The summed E-state index contributed by atoms with van der Waals surface area (Å²) in [6, 6.07) is 0.536. The first-order chi connectivity index (χ1) is 4.39.